The third-order valence-electron chi connectivity index (χ3n) is 4.59. The van der Waals surface area contributed by atoms with Gasteiger partial charge in [-0.25, -0.2) is 0 Å². The standard InChI is InChI=1S/C14H26N2O2/c1-10(13-8-11-3-4-12(13)7-11)16-14(17)9-15-5-6-18-2/h10-13,15H,3-9H2,1-2H3,(H,16,17)/t10-,11+,12+,13+/m0/s1. The van der Waals surface area contributed by atoms with E-state index < -0.39 is 0 Å². The lowest BCUT2D eigenvalue weighted by molar-refractivity contribution is -0.121. The normalized spacial score (nSPS) is 31.6. The predicted octanol–water partition coefficient (Wildman–Crippen LogP) is 1.16. The zero-order valence-electron chi connectivity index (χ0n) is 11.6. The molecule has 0 aliphatic heterocycles. The minimum Gasteiger partial charge on any atom is -0.383 e. The number of carbonyl (C=O) groups excluding carboxylic acids is 1. The van der Waals surface area contributed by atoms with Gasteiger partial charge in [-0.15, -0.1) is 0 Å². The number of methoxy groups -OCH3 is 1. The summed E-state index contributed by atoms with van der Waals surface area (Å²) in [6.45, 7) is 3.94. The van der Waals surface area contributed by atoms with Gasteiger partial charge in [0.1, 0.15) is 0 Å². The Labute approximate surface area is 110 Å². The lowest BCUT2D eigenvalue weighted by Gasteiger charge is -2.28. The minimum atomic E-state index is 0.112. The second-order valence-electron chi connectivity index (χ2n) is 5.86. The average molecular weight is 254 g/mol. The average Bonchev–Trinajstić information content (AvgIpc) is 2.96. The van der Waals surface area contributed by atoms with Gasteiger partial charge >= 0.3 is 0 Å². The topological polar surface area (TPSA) is 50.4 Å². The summed E-state index contributed by atoms with van der Waals surface area (Å²) in [5.41, 5.74) is 0. The summed E-state index contributed by atoms with van der Waals surface area (Å²) in [5.74, 6) is 2.64. The van der Waals surface area contributed by atoms with Crippen LogP contribution in [0.25, 0.3) is 0 Å². The van der Waals surface area contributed by atoms with Gasteiger partial charge in [0.2, 0.25) is 5.91 Å². The maximum Gasteiger partial charge on any atom is 0.234 e. The highest BCUT2D eigenvalue weighted by Gasteiger charge is 2.41. The van der Waals surface area contributed by atoms with E-state index in [1.807, 2.05) is 0 Å². The number of hydrogen-bond donors (Lipinski definition) is 2. The molecule has 4 heteroatoms. The molecule has 2 rings (SSSR count). The van der Waals surface area contributed by atoms with E-state index in [-0.39, 0.29) is 5.91 Å². The van der Waals surface area contributed by atoms with Crippen LogP contribution in [-0.2, 0) is 9.53 Å². The van der Waals surface area contributed by atoms with E-state index in [4.69, 9.17) is 4.74 Å². The van der Waals surface area contributed by atoms with Crippen LogP contribution < -0.4 is 10.6 Å². The van der Waals surface area contributed by atoms with Crippen molar-refractivity contribution in [1.29, 1.82) is 0 Å². The van der Waals surface area contributed by atoms with Crippen LogP contribution in [0.4, 0.5) is 0 Å². The van der Waals surface area contributed by atoms with Gasteiger partial charge in [-0.2, -0.15) is 0 Å². The Morgan fingerprint density at radius 1 is 1.39 bits per heavy atom. The highest BCUT2D eigenvalue weighted by Crippen LogP contribution is 2.49. The molecule has 0 aromatic heterocycles. The van der Waals surface area contributed by atoms with Crippen molar-refractivity contribution in [1.82, 2.24) is 10.6 Å². The molecule has 4 nitrogen and oxygen atoms in total. The summed E-state index contributed by atoms with van der Waals surface area (Å²) >= 11 is 0. The van der Waals surface area contributed by atoms with Gasteiger partial charge in [-0.3, -0.25) is 4.79 Å². The third kappa shape index (κ3) is 3.45. The summed E-state index contributed by atoms with van der Waals surface area (Å²) < 4.78 is 4.93. The minimum absolute atomic E-state index is 0.112. The molecule has 1 amide bonds. The molecular formula is C14H26N2O2. The molecule has 18 heavy (non-hydrogen) atoms. The molecule has 0 saturated heterocycles. The Balaban J connectivity index is 1.64. The number of rotatable bonds is 7. The van der Waals surface area contributed by atoms with Gasteiger partial charge in [-0.1, -0.05) is 6.42 Å². The molecule has 2 N–H and O–H groups in total. The number of ether oxygens (including phenoxy) is 1. The van der Waals surface area contributed by atoms with E-state index in [2.05, 4.69) is 17.6 Å². The lowest BCUT2D eigenvalue weighted by Crippen LogP contribution is -2.44. The predicted molar refractivity (Wildman–Crippen MR) is 71.3 cm³/mol. The van der Waals surface area contributed by atoms with E-state index in [1.165, 1.54) is 25.7 Å². The Kier molecular flexibility index (Phi) is 5.01. The van der Waals surface area contributed by atoms with Crippen molar-refractivity contribution in [3.8, 4) is 0 Å². The smallest absolute Gasteiger partial charge is 0.234 e. The van der Waals surface area contributed by atoms with Gasteiger partial charge in [0.05, 0.1) is 13.2 Å². The maximum absolute atomic E-state index is 11.8. The van der Waals surface area contributed by atoms with Crippen molar-refractivity contribution in [2.75, 3.05) is 26.8 Å². The molecule has 104 valence electrons. The van der Waals surface area contributed by atoms with Crippen LogP contribution >= 0.6 is 0 Å². The van der Waals surface area contributed by atoms with E-state index in [0.29, 0.717) is 25.1 Å². The SMILES string of the molecule is COCCNCC(=O)N[C@@H](C)[C@H]1C[C@@H]2CC[C@@H]1C2. The third-order valence-corrected chi connectivity index (χ3v) is 4.59. The first-order valence-corrected chi connectivity index (χ1v) is 7.19. The second-order valence-corrected chi connectivity index (χ2v) is 5.86. The van der Waals surface area contributed by atoms with Gasteiger partial charge < -0.3 is 15.4 Å². The lowest BCUT2D eigenvalue weighted by atomic mass is 9.84. The van der Waals surface area contributed by atoms with Gasteiger partial charge in [-0.05, 0) is 43.9 Å². The molecule has 0 unspecified atom stereocenters. The Hall–Kier alpha value is -0.610. The van der Waals surface area contributed by atoms with Crippen LogP contribution in [0.15, 0.2) is 0 Å². The van der Waals surface area contributed by atoms with Crippen LogP contribution in [0.1, 0.15) is 32.6 Å². The van der Waals surface area contributed by atoms with E-state index in [0.717, 1.165) is 18.4 Å². The summed E-state index contributed by atoms with van der Waals surface area (Å²) in [4.78, 5) is 11.8. The van der Waals surface area contributed by atoms with Crippen LogP contribution in [0.3, 0.4) is 0 Å². The molecule has 2 saturated carbocycles. The fourth-order valence-electron chi connectivity index (χ4n) is 3.69. The Morgan fingerprint density at radius 3 is 2.83 bits per heavy atom. The van der Waals surface area contributed by atoms with E-state index in [1.54, 1.807) is 7.11 Å². The quantitative estimate of drug-likeness (QED) is 0.670. The Bertz CT molecular complexity index is 283. The monoisotopic (exact) mass is 254 g/mol. The van der Waals surface area contributed by atoms with Crippen LogP contribution in [0, 0.1) is 17.8 Å². The maximum atomic E-state index is 11.8. The number of hydrogen-bond acceptors (Lipinski definition) is 3. The summed E-state index contributed by atoms with van der Waals surface area (Å²) in [6.07, 6.45) is 5.52. The first-order valence-electron chi connectivity index (χ1n) is 7.19. The fourth-order valence-corrected chi connectivity index (χ4v) is 3.69. The molecule has 2 bridgehead atoms. The van der Waals surface area contributed by atoms with Crippen LogP contribution in [-0.4, -0.2) is 38.8 Å². The fraction of sp³-hybridized carbons (Fsp3) is 0.929. The summed E-state index contributed by atoms with van der Waals surface area (Å²) in [6, 6.07) is 0.331. The zero-order valence-corrected chi connectivity index (χ0v) is 11.6. The molecule has 2 fully saturated rings. The molecular weight excluding hydrogens is 228 g/mol. The van der Waals surface area contributed by atoms with Crippen LogP contribution in [0.2, 0.25) is 0 Å². The first kappa shape index (κ1) is 13.8. The largest absolute Gasteiger partial charge is 0.383 e. The molecule has 0 heterocycles. The number of fused-ring (bicyclic) bond motifs is 2. The molecule has 2 aliphatic rings. The molecule has 0 radical (unpaired) electrons. The van der Waals surface area contributed by atoms with Crippen molar-refractivity contribution >= 4 is 5.91 Å². The molecule has 0 spiro atoms. The second kappa shape index (κ2) is 6.53. The van der Waals surface area contributed by atoms with E-state index >= 15 is 0 Å². The summed E-state index contributed by atoms with van der Waals surface area (Å²) in [7, 11) is 1.67. The van der Waals surface area contributed by atoms with Crippen molar-refractivity contribution < 1.29 is 9.53 Å². The Morgan fingerprint density at radius 2 is 2.22 bits per heavy atom. The van der Waals surface area contributed by atoms with Crippen molar-refractivity contribution in [2.45, 2.75) is 38.6 Å². The molecule has 2 aliphatic carbocycles. The van der Waals surface area contributed by atoms with Crippen LogP contribution in [0.5, 0.6) is 0 Å². The molecule has 4 atom stereocenters. The van der Waals surface area contributed by atoms with Gasteiger partial charge in [0, 0.05) is 19.7 Å². The molecule has 0 aromatic carbocycles. The highest BCUT2D eigenvalue weighted by atomic mass is 16.5. The van der Waals surface area contributed by atoms with Gasteiger partial charge in [0.25, 0.3) is 0 Å². The van der Waals surface area contributed by atoms with Crippen molar-refractivity contribution in [3.05, 3.63) is 0 Å². The molecule has 0 aromatic rings. The van der Waals surface area contributed by atoms with Crippen molar-refractivity contribution in [2.24, 2.45) is 17.8 Å². The summed E-state index contributed by atoms with van der Waals surface area (Å²) in [5, 5.41) is 6.22. The zero-order chi connectivity index (χ0) is 13.0. The number of amides is 1. The first-order chi connectivity index (χ1) is 8.70. The van der Waals surface area contributed by atoms with Crippen molar-refractivity contribution in [3.63, 3.8) is 0 Å². The number of nitrogens with one attached hydrogen (secondary N) is 2. The number of carbonyl (C=O) groups is 1. The van der Waals surface area contributed by atoms with E-state index in [9.17, 15) is 4.79 Å². The van der Waals surface area contributed by atoms with Gasteiger partial charge in [0.15, 0.2) is 0 Å². The highest BCUT2D eigenvalue weighted by molar-refractivity contribution is 5.78.